The predicted octanol–water partition coefficient (Wildman–Crippen LogP) is 2.86. The maximum Gasteiger partial charge on any atom is 0.407 e. The molecule has 1 aromatic rings. The van der Waals surface area contributed by atoms with Crippen LogP contribution in [0.15, 0.2) is 30.3 Å². The van der Waals surface area contributed by atoms with E-state index in [0.29, 0.717) is 25.9 Å². The largest absolute Gasteiger partial charge is 0.444 e. The van der Waals surface area contributed by atoms with Gasteiger partial charge in [-0.15, -0.1) is 0 Å². The highest BCUT2D eigenvalue weighted by Crippen LogP contribution is 2.07. The number of hydrogen-bond acceptors (Lipinski definition) is 4. The number of rotatable bonds is 8. The number of alkyl carbamates (subject to hydrolysis) is 1. The summed E-state index contributed by atoms with van der Waals surface area (Å²) < 4.78 is 5.12. The number of amides is 2. The number of ketones is 1. The van der Waals surface area contributed by atoms with E-state index in [1.165, 1.54) is 6.08 Å². The van der Waals surface area contributed by atoms with Gasteiger partial charge < -0.3 is 15.4 Å². The lowest BCUT2D eigenvalue weighted by molar-refractivity contribution is -0.117. The first-order chi connectivity index (χ1) is 12.2. The third-order valence-corrected chi connectivity index (χ3v) is 3.18. The highest BCUT2D eigenvalue weighted by atomic mass is 16.6. The van der Waals surface area contributed by atoms with Crippen LogP contribution in [0, 0.1) is 0 Å². The van der Waals surface area contributed by atoms with Crippen molar-refractivity contribution in [3.63, 3.8) is 0 Å². The molecule has 1 rings (SSSR count). The third kappa shape index (κ3) is 10.3. The lowest BCUT2D eigenvalue weighted by Crippen LogP contribution is -2.34. The van der Waals surface area contributed by atoms with E-state index in [1.807, 2.05) is 24.3 Å². The molecule has 2 amide bonds. The second-order valence-electron chi connectivity index (χ2n) is 7.03. The normalized spacial score (nSPS) is 11.2. The molecule has 0 unspecified atom stereocenters. The number of hydrogen-bond donors (Lipinski definition) is 2. The van der Waals surface area contributed by atoms with E-state index in [9.17, 15) is 14.4 Å². The average molecular weight is 360 g/mol. The zero-order valence-corrected chi connectivity index (χ0v) is 15.9. The van der Waals surface area contributed by atoms with Crippen molar-refractivity contribution >= 4 is 23.9 Å². The molecule has 0 atom stereocenters. The molecule has 0 bridgehead atoms. The molecular formula is C20H28N2O4. The zero-order chi connectivity index (χ0) is 19.6. The number of Topliss-reactive ketones (excluding diaryl/α,β-unsaturated/α-hetero) is 1. The van der Waals surface area contributed by atoms with Crippen molar-refractivity contribution in [3.8, 4) is 0 Å². The van der Waals surface area contributed by atoms with Crippen molar-refractivity contribution in [2.24, 2.45) is 0 Å². The highest BCUT2D eigenvalue weighted by molar-refractivity contribution is 5.91. The molecule has 0 saturated heterocycles. The van der Waals surface area contributed by atoms with E-state index in [2.05, 4.69) is 10.6 Å². The van der Waals surface area contributed by atoms with Crippen molar-refractivity contribution in [1.82, 2.24) is 10.6 Å². The Kier molecular flexibility index (Phi) is 8.55. The van der Waals surface area contributed by atoms with E-state index in [1.54, 1.807) is 33.8 Å². The van der Waals surface area contributed by atoms with Crippen LogP contribution >= 0.6 is 0 Å². The molecular weight excluding hydrogens is 332 g/mol. The van der Waals surface area contributed by atoms with Crippen LogP contribution in [0.5, 0.6) is 0 Å². The standard InChI is InChI=1S/C20H28N2O4/c1-15(23)14-17-8-6-16(7-9-17)10-11-18(24)21-12-5-13-22-19(25)26-20(2,3)4/h6-11H,5,12-14H2,1-4H3,(H,21,24)(H,22,25)/b11-10+. The molecule has 142 valence electrons. The van der Waals surface area contributed by atoms with Crippen LogP contribution in [0.2, 0.25) is 0 Å². The molecule has 26 heavy (non-hydrogen) atoms. The second-order valence-corrected chi connectivity index (χ2v) is 7.03. The summed E-state index contributed by atoms with van der Waals surface area (Å²) >= 11 is 0. The fourth-order valence-corrected chi connectivity index (χ4v) is 2.07. The van der Waals surface area contributed by atoms with Gasteiger partial charge in [0.15, 0.2) is 0 Å². The Bertz CT molecular complexity index is 643. The van der Waals surface area contributed by atoms with Crippen molar-refractivity contribution in [3.05, 3.63) is 41.5 Å². The van der Waals surface area contributed by atoms with E-state index in [-0.39, 0.29) is 11.7 Å². The van der Waals surface area contributed by atoms with Crippen molar-refractivity contribution in [1.29, 1.82) is 0 Å². The van der Waals surface area contributed by atoms with Gasteiger partial charge in [-0.25, -0.2) is 4.79 Å². The smallest absolute Gasteiger partial charge is 0.407 e. The van der Waals surface area contributed by atoms with Gasteiger partial charge in [0.05, 0.1) is 0 Å². The van der Waals surface area contributed by atoms with Gasteiger partial charge in [0, 0.05) is 25.6 Å². The topological polar surface area (TPSA) is 84.5 Å². The fourth-order valence-electron chi connectivity index (χ4n) is 2.07. The van der Waals surface area contributed by atoms with Crippen LogP contribution in [-0.2, 0) is 20.7 Å². The molecule has 0 aliphatic rings. The first kappa shape index (κ1) is 21.4. The highest BCUT2D eigenvalue weighted by Gasteiger charge is 2.15. The third-order valence-electron chi connectivity index (χ3n) is 3.18. The lowest BCUT2D eigenvalue weighted by atomic mass is 10.1. The molecule has 0 aliphatic carbocycles. The molecule has 0 aromatic heterocycles. The number of nitrogens with one attached hydrogen (secondary N) is 2. The Labute approximate surface area is 155 Å². The van der Waals surface area contributed by atoms with Crippen LogP contribution in [0.1, 0.15) is 45.2 Å². The fraction of sp³-hybridized carbons (Fsp3) is 0.450. The molecule has 0 aliphatic heterocycles. The zero-order valence-electron chi connectivity index (χ0n) is 15.9. The average Bonchev–Trinajstić information content (AvgIpc) is 2.51. The first-order valence-corrected chi connectivity index (χ1v) is 8.67. The summed E-state index contributed by atoms with van der Waals surface area (Å²) in [5.41, 5.74) is 1.32. The van der Waals surface area contributed by atoms with Gasteiger partial charge in [0.1, 0.15) is 11.4 Å². The minimum absolute atomic E-state index is 0.119. The molecule has 2 N–H and O–H groups in total. The van der Waals surface area contributed by atoms with Gasteiger partial charge in [-0.05, 0) is 51.3 Å². The quantitative estimate of drug-likeness (QED) is 0.551. The van der Waals surface area contributed by atoms with Crippen molar-refractivity contribution in [2.45, 2.75) is 46.1 Å². The summed E-state index contributed by atoms with van der Waals surface area (Å²) in [6.45, 7) is 7.84. The maximum absolute atomic E-state index is 11.8. The predicted molar refractivity (Wildman–Crippen MR) is 102 cm³/mol. The Hall–Kier alpha value is -2.63. The minimum atomic E-state index is -0.520. The van der Waals surface area contributed by atoms with Gasteiger partial charge in [-0.3, -0.25) is 9.59 Å². The summed E-state index contributed by atoms with van der Waals surface area (Å²) in [6.07, 6.45) is 3.74. The monoisotopic (exact) mass is 360 g/mol. The van der Waals surface area contributed by atoms with E-state index in [0.717, 1.165) is 11.1 Å². The molecule has 0 spiro atoms. The molecule has 0 heterocycles. The van der Waals surface area contributed by atoms with Gasteiger partial charge in [0.2, 0.25) is 5.91 Å². The molecule has 0 saturated carbocycles. The Balaban J connectivity index is 2.24. The van der Waals surface area contributed by atoms with E-state index < -0.39 is 11.7 Å². The minimum Gasteiger partial charge on any atom is -0.444 e. The van der Waals surface area contributed by atoms with Crippen LogP contribution in [0.4, 0.5) is 4.79 Å². The Morgan fingerprint density at radius 2 is 1.65 bits per heavy atom. The summed E-state index contributed by atoms with van der Waals surface area (Å²) in [5, 5.41) is 5.38. The summed E-state index contributed by atoms with van der Waals surface area (Å²) in [4.78, 5) is 34.3. The number of carbonyl (C=O) groups is 3. The summed E-state index contributed by atoms with van der Waals surface area (Å²) in [6, 6.07) is 7.49. The van der Waals surface area contributed by atoms with Gasteiger partial charge in [-0.1, -0.05) is 24.3 Å². The number of ether oxygens (including phenoxy) is 1. The number of carbonyl (C=O) groups excluding carboxylic acids is 3. The first-order valence-electron chi connectivity index (χ1n) is 8.67. The Morgan fingerprint density at radius 1 is 1.04 bits per heavy atom. The Morgan fingerprint density at radius 3 is 2.23 bits per heavy atom. The second kappa shape index (κ2) is 10.4. The molecule has 6 heteroatoms. The van der Waals surface area contributed by atoms with Crippen LogP contribution in [-0.4, -0.2) is 36.5 Å². The van der Waals surface area contributed by atoms with Gasteiger partial charge in [0.25, 0.3) is 0 Å². The van der Waals surface area contributed by atoms with Crippen LogP contribution in [0.3, 0.4) is 0 Å². The van der Waals surface area contributed by atoms with Gasteiger partial charge in [-0.2, -0.15) is 0 Å². The van der Waals surface area contributed by atoms with E-state index in [4.69, 9.17) is 4.74 Å². The molecule has 0 fully saturated rings. The molecule has 0 radical (unpaired) electrons. The maximum atomic E-state index is 11.8. The number of benzene rings is 1. The van der Waals surface area contributed by atoms with Crippen LogP contribution < -0.4 is 10.6 Å². The lowest BCUT2D eigenvalue weighted by Gasteiger charge is -2.19. The van der Waals surface area contributed by atoms with Crippen LogP contribution in [0.25, 0.3) is 6.08 Å². The summed E-state index contributed by atoms with van der Waals surface area (Å²) in [5.74, 6) is -0.0797. The van der Waals surface area contributed by atoms with Crippen molar-refractivity contribution < 1.29 is 19.1 Å². The van der Waals surface area contributed by atoms with Crippen molar-refractivity contribution in [2.75, 3.05) is 13.1 Å². The SMILES string of the molecule is CC(=O)Cc1ccc(/C=C/C(=O)NCCCNC(=O)OC(C)(C)C)cc1. The van der Waals surface area contributed by atoms with E-state index >= 15 is 0 Å². The van der Waals surface area contributed by atoms with Gasteiger partial charge >= 0.3 is 6.09 Å². The molecule has 6 nitrogen and oxygen atoms in total. The molecule has 1 aromatic carbocycles. The summed E-state index contributed by atoms with van der Waals surface area (Å²) in [7, 11) is 0.